The van der Waals surface area contributed by atoms with Gasteiger partial charge in [-0.1, -0.05) is 17.4 Å². The van der Waals surface area contributed by atoms with Crippen LogP contribution in [0.1, 0.15) is 29.3 Å². The van der Waals surface area contributed by atoms with Crippen molar-refractivity contribution < 1.29 is 9.53 Å². The van der Waals surface area contributed by atoms with E-state index in [0.717, 1.165) is 34.1 Å². The topological polar surface area (TPSA) is 45.7 Å². The van der Waals surface area contributed by atoms with Gasteiger partial charge in [0.2, 0.25) is 0 Å². The zero-order valence-electron chi connectivity index (χ0n) is 16.9. The van der Waals surface area contributed by atoms with Crippen LogP contribution in [-0.2, 0) is 0 Å². The van der Waals surface area contributed by atoms with E-state index in [1.54, 1.807) is 16.2 Å². The number of ether oxygens (including phenoxy) is 1. The lowest BCUT2D eigenvalue weighted by molar-refractivity contribution is 0.0986. The van der Waals surface area contributed by atoms with E-state index in [4.69, 9.17) is 9.72 Å². The van der Waals surface area contributed by atoms with Crippen molar-refractivity contribution in [3.63, 3.8) is 0 Å². The number of anilines is 1. The highest BCUT2D eigenvalue weighted by molar-refractivity contribution is 7.22. The van der Waals surface area contributed by atoms with Crippen molar-refractivity contribution in [3.05, 3.63) is 53.6 Å². The maximum Gasteiger partial charge on any atom is 0.260 e. The van der Waals surface area contributed by atoms with Crippen molar-refractivity contribution in [1.29, 1.82) is 0 Å². The first-order valence-electron chi connectivity index (χ1n) is 9.54. The Balaban J connectivity index is 1.89. The summed E-state index contributed by atoms with van der Waals surface area (Å²) in [5.41, 5.74) is 2.77. The second kappa shape index (κ2) is 9.17. The Bertz CT molecular complexity index is 935. The lowest BCUT2D eigenvalue weighted by Gasteiger charge is -2.21. The predicted octanol–water partition coefficient (Wildman–Crippen LogP) is 4.60. The molecule has 0 saturated heterocycles. The second-order valence-corrected chi connectivity index (χ2v) is 8.05. The number of carbonyl (C=O) groups is 1. The Morgan fingerprint density at radius 1 is 1.11 bits per heavy atom. The molecule has 6 heteroatoms. The third-order valence-corrected chi connectivity index (χ3v) is 5.45. The van der Waals surface area contributed by atoms with Gasteiger partial charge in [-0.2, -0.15) is 0 Å². The van der Waals surface area contributed by atoms with E-state index in [2.05, 4.69) is 24.0 Å². The van der Waals surface area contributed by atoms with Crippen molar-refractivity contribution in [2.75, 3.05) is 38.7 Å². The molecule has 1 amide bonds. The number of hydrogen-bond acceptors (Lipinski definition) is 5. The Morgan fingerprint density at radius 3 is 2.54 bits per heavy atom. The monoisotopic (exact) mass is 397 g/mol. The highest BCUT2D eigenvalue weighted by Gasteiger charge is 2.21. The number of fused-ring (bicyclic) bond motifs is 1. The molecule has 0 aliphatic rings. The van der Waals surface area contributed by atoms with Crippen LogP contribution in [0.5, 0.6) is 5.75 Å². The van der Waals surface area contributed by atoms with E-state index in [9.17, 15) is 4.79 Å². The molecular formula is C22H27N3O2S. The molecule has 3 aromatic rings. The Morgan fingerprint density at radius 2 is 1.86 bits per heavy atom. The molecule has 0 saturated carbocycles. The summed E-state index contributed by atoms with van der Waals surface area (Å²) in [5, 5.41) is 0.748. The predicted molar refractivity (Wildman–Crippen MR) is 117 cm³/mol. The Kier molecular flexibility index (Phi) is 6.65. The Hall–Kier alpha value is -2.44. The molecule has 5 nitrogen and oxygen atoms in total. The molecular weight excluding hydrogens is 370 g/mol. The SMILES string of the molecule is CCOc1ccc(C(=O)N(CCCN(C)C)c2nc3ccc(C)cc3s2)cc1. The van der Waals surface area contributed by atoms with E-state index in [0.29, 0.717) is 18.7 Å². The van der Waals surface area contributed by atoms with E-state index in [1.165, 1.54) is 5.56 Å². The van der Waals surface area contributed by atoms with Gasteiger partial charge >= 0.3 is 0 Å². The first-order valence-corrected chi connectivity index (χ1v) is 10.4. The van der Waals surface area contributed by atoms with Crippen LogP contribution in [0.2, 0.25) is 0 Å². The average molecular weight is 398 g/mol. The fourth-order valence-corrected chi connectivity index (χ4v) is 4.07. The summed E-state index contributed by atoms with van der Waals surface area (Å²) in [6, 6.07) is 13.5. The summed E-state index contributed by atoms with van der Waals surface area (Å²) in [6.45, 7) is 6.16. The minimum atomic E-state index is -0.0300. The lowest BCUT2D eigenvalue weighted by atomic mass is 10.2. The molecule has 0 atom stereocenters. The molecule has 1 heterocycles. The number of nitrogens with zero attached hydrogens (tertiary/aromatic N) is 3. The second-order valence-electron chi connectivity index (χ2n) is 7.04. The van der Waals surface area contributed by atoms with Crippen molar-refractivity contribution in [1.82, 2.24) is 9.88 Å². The normalized spacial score (nSPS) is 11.2. The van der Waals surface area contributed by atoms with Gasteiger partial charge in [0, 0.05) is 12.1 Å². The minimum absolute atomic E-state index is 0.0300. The minimum Gasteiger partial charge on any atom is -0.494 e. The Labute approximate surface area is 170 Å². The number of rotatable bonds is 8. The van der Waals surface area contributed by atoms with Crippen LogP contribution in [0.25, 0.3) is 10.2 Å². The molecule has 0 fully saturated rings. The van der Waals surface area contributed by atoms with Crippen molar-refractivity contribution in [2.24, 2.45) is 0 Å². The van der Waals surface area contributed by atoms with Gasteiger partial charge in [0.05, 0.1) is 16.8 Å². The number of benzene rings is 2. The van der Waals surface area contributed by atoms with Crippen molar-refractivity contribution >= 4 is 32.6 Å². The summed E-state index contributed by atoms with van der Waals surface area (Å²) >= 11 is 1.57. The summed E-state index contributed by atoms with van der Waals surface area (Å²) in [6.07, 6.45) is 0.880. The summed E-state index contributed by atoms with van der Waals surface area (Å²) in [5.74, 6) is 0.742. The smallest absolute Gasteiger partial charge is 0.260 e. The maximum atomic E-state index is 13.3. The number of thiazole rings is 1. The highest BCUT2D eigenvalue weighted by atomic mass is 32.1. The molecule has 0 unspecified atom stereocenters. The molecule has 148 valence electrons. The molecule has 0 N–H and O–H groups in total. The van der Waals surface area contributed by atoms with Gasteiger partial charge in [0.25, 0.3) is 5.91 Å². The van der Waals surface area contributed by atoms with Gasteiger partial charge in [0.15, 0.2) is 5.13 Å². The van der Waals surface area contributed by atoms with Crippen LogP contribution >= 0.6 is 11.3 Å². The molecule has 0 radical (unpaired) electrons. The van der Waals surface area contributed by atoms with E-state index in [1.807, 2.05) is 51.4 Å². The van der Waals surface area contributed by atoms with Crippen LogP contribution in [0.3, 0.4) is 0 Å². The van der Waals surface area contributed by atoms with Gasteiger partial charge in [0.1, 0.15) is 5.75 Å². The summed E-state index contributed by atoms with van der Waals surface area (Å²) < 4.78 is 6.59. The molecule has 2 aromatic carbocycles. The molecule has 0 aliphatic heterocycles. The summed E-state index contributed by atoms with van der Waals surface area (Å²) in [4.78, 5) is 21.9. The average Bonchev–Trinajstić information content (AvgIpc) is 3.08. The third-order valence-electron chi connectivity index (χ3n) is 4.41. The molecule has 0 aliphatic carbocycles. The fourth-order valence-electron chi connectivity index (χ4n) is 2.98. The van der Waals surface area contributed by atoms with Gasteiger partial charge in [-0.05, 0) is 82.9 Å². The quantitative estimate of drug-likeness (QED) is 0.557. The standard InChI is InChI=1S/C22H27N3O2S/c1-5-27-18-10-8-17(9-11-18)21(26)25(14-6-13-24(3)4)22-23-19-12-7-16(2)15-20(19)28-22/h7-12,15H,5-6,13-14H2,1-4H3. The van der Waals surface area contributed by atoms with Gasteiger partial charge in [-0.25, -0.2) is 4.98 Å². The van der Waals surface area contributed by atoms with Gasteiger partial charge in [-0.3, -0.25) is 9.69 Å². The van der Waals surface area contributed by atoms with E-state index >= 15 is 0 Å². The number of amides is 1. The zero-order valence-corrected chi connectivity index (χ0v) is 17.8. The molecule has 1 aromatic heterocycles. The molecule has 3 rings (SSSR count). The maximum absolute atomic E-state index is 13.3. The first kappa shape index (κ1) is 20.3. The number of carbonyl (C=O) groups excluding carboxylic acids is 1. The fraction of sp³-hybridized carbons (Fsp3) is 0.364. The van der Waals surface area contributed by atoms with Crippen LogP contribution in [0.4, 0.5) is 5.13 Å². The lowest BCUT2D eigenvalue weighted by Crippen LogP contribution is -2.33. The van der Waals surface area contributed by atoms with E-state index < -0.39 is 0 Å². The largest absolute Gasteiger partial charge is 0.494 e. The van der Waals surface area contributed by atoms with Crippen LogP contribution in [0.15, 0.2) is 42.5 Å². The van der Waals surface area contributed by atoms with Gasteiger partial charge in [-0.15, -0.1) is 0 Å². The zero-order chi connectivity index (χ0) is 20.1. The summed E-state index contributed by atoms with van der Waals surface area (Å²) in [7, 11) is 4.08. The van der Waals surface area contributed by atoms with E-state index in [-0.39, 0.29) is 5.91 Å². The molecule has 0 spiro atoms. The van der Waals surface area contributed by atoms with Crippen LogP contribution in [0, 0.1) is 6.92 Å². The molecule has 28 heavy (non-hydrogen) atoms. The van der Waals surface area contributed by atoms with Crippen molar-refractivity contribution in [3.8, 4) is 5.75 Å². The number of aromatic nitrogens is 1. The number of hydrogen-bond donors (Lipinski definition) is 0. The first-order chi connectivity index (χ1) is 13.5. The third kappa shape index (κ3) is 4.88. The molecule has 0 bridgehead atoms. The number of aryl methyl sites for hydroxylation is 1. The highest BCUT2D eigenvalue weighted by Crippen LogP contribution is 2.30. The van der Waals surface area contributed by atoms with Crippen molar-refractivity contribution in [2.45, 2.75) is 20.3 Å². The van der Waals surface area contributed by atoms with Crippen LogP contribution in [-0.4, -0.2) is 49.6 Å². The van der Waals surface area contributed by atoms with Gasteiger partial charge < -0.3 is 9.64 Å². The van der Waals surface area contributed by atoms with Crippen LogP contribution < -0.4 is 9.64 Å².